The van der Waals surface area contributed by atoms with Crippen molar-refractivity contribution in [2.45, 2.75) is 12.3 Å². The predicted molar refractivity (Wildman–Crippen MR) is 64.2 cm³/mol. The van der Waals surface area contributed by atoms with Crippen molar-refractivity contribution in [1.29, 1.82) is 0 Å². The van der Waals surface area contributed by atoms with Gasteiger partial charge in [-0.15, -0.1) is 11.6 Å². The van der Waals surface area contributed by atoms with Crippen LogP contribution in [-0.2, 0) is 5.88 Å². The molecule has 1 heterocycles. The molecular formula is C7H4ClF2I2N. The van der Waals surface area contributed by atoms with Crippen LogP contribution in [0.5, 0.6) is 0 Å². The molecule has 0 aliphatic heterocycles. The van der Waals surface area contributed by atoms with Gasteiger partial charge in [0, 0.05) is 13.3 Å². The van der Waals surface area contributed by atoms with Crippen LogP contribution in [0, 0.1) is 7.14 Å². The third-order valence-corrected chi connectivity index (χ3v) is 4.70. The van der Waals surface area contributed by atoms with Crippen molar-refractivity contribution in [2.75, 3.05) is 0 Å². The Kier molecular flexibility index (Phi) is 4.56. The maximum atomic E-state index is 12.5. The number of pyridine rings is 1. The first-order valence-corrected chi connectivity index (χ1v) is 5.94. The summed E-state index contributed by atoms with van der Waals surface area (Å²) < 4.78 is 26.4. The molecule has 0 amide bonds. The minimum atomic E-state index is -2.51. The molecule has 0 saturated carbocycles. The fourth-order valence-corrected chi connectivity index (χ4v) is 2.17. The van der Waals surface area contributed by atoms with Crippen LogP contribution in [-0.4, -0.2) is 4.98 Å². The van der Waals surface area contributed by atoms with E-state index in [4.69, 9.17) is 11.6 Å². The summed E-state index contributed by atoms with van der Waals surface area (Å²) in [5.41, 5.74) is 0.226. The molecule has 0 N–H and O–H groups in total. The minimum absolute atomic E-state index is 0.0204. The summed E-state index contributed by atoms with van der Waals surface area (Å²) in [7, 11) is 0. The molecular weight excluding hydrogens is 425 g/mol. The highest BCUT2D eigenvalue weighted by molar-refractivity contribution is 14.1. The summed E-state index contributed by atoms with van der Waals surface area (Å²) in [4.78, 5) is 3.85. The topological polar surface area (TPSA) is 12.9 Å². The maximum absolute atomic E-state index is 12.5. The van der Waals surface area contributed by atoms with Crippen LogP contribution in [0.25, 0.3) is 0 Å². The number of rotatable bonds is 2. The van der Waals surface area contributed by atoms with E-state index in [0.717, 1.165) is 3.57 Å². The molecule has 0 aromatic carbocycles. The van der Waals surface area contributed by atoms with Crippen molar-refractivity contribution in [3.05, 3.63) is 24.6 Å². The second kappa shape index (κ2) is 5.01. The van der Waals surface area contributed by atoms with E-state index in [0.29, 0.717) is 3.57 Å². The lowest BCUT2D eigenvalue weighted by Crippen LogP contribution is -2.01. The Morgan fingerprint density at radius 2 is 2.08 bits per heavy atom. The second-order valence-electron chi connectivity index (χ2n) is 2.21. The summed E-state index contributed by atoms with van der Waals surface area (Å²) in [6.07, 6.45) is -0.964. The van der Waals surface area contributed by atoms with Crippen LogP contribution in [0.3, 0.4) is 0 Å². The molecule has 0 fully saturated rings. The molecule has 0 spiro atoms. The summed E-state index contributed by atoms with van der Waals surface area (Å²) in [5.74, 6) is 0.0204. The van der Waals surface area contributed by atoms with E-state index in [2.05, 4.69) is 4.98 Å². The number of nitrogens with zero attached hydrogens (tertiary/aromatic N) is 1. The Balaban J connectivity index is 3.32. The SMILES string of the molecule is FC(F)c1c(CCl)ncc(I)c1I. The standard InChI is InChI=1S/C7H4ClF2I2N/c8-1-4-5(7(9)10)6(12)3(11)2-13-4/h2,7H,1H2. The van der Waals surface area contributed by atoms with Crippen LogP contribution in [0.4, 0.5) is 8.78 Å². The van der Waals surface area contributed by atoms with Gasteiger partial charge in [-0.3, -0.25) is 4.98 Å². The molecule has 0 bridgehead atoms. The lowest BCUT2D eigenvalue weighted by atomic mass is 10.2. The lowest BCUT2D eigenvalue weighted by Gasteiger charge is -2.08. The molecule has 72 valence electrons. The molecule has 0 radical (unpaired) electrons. The summed E-state index contributed by atoms with van der Waals surface area (Å²) in [5, 5.41) is 0. The first-order chi connectivity index (χ1) is 6.07. The number of hydrogen-bond acceptors (Lipinski definition) is 1. The molecule has 1 rings (SSSR count). The van der Waals surface area contributed by atoms with Crippen molar-refractivity contribution >= 4 is 56.8 Å². The maximum Gasteiger partial charge on any atom is 0.266 e. The van der Waals surface area contributed by atoms with Crippen molar-refractivity contribution < 1.29 is 8.78 Å². The molecule has 6 heteroatoms. The Hall–Kier alpha value is 0.760. The fourth-order valence-electron chi connectivity index (χ4n) is 0.844. The quantitative estimate of drug-likeness (QED) is 0.512. The van der Waals surface area contributed by atoms with Crippen LogP contribution in [0.1, 0.15) is 17.7 Å². The summed E-state index contributed by atoms with van der Waals surface area (Å²) in [6.45, 7) is 0. The molecule has 0 unspecified atom stereocenters. The fraction of sp³-hybridized carbons (Fsp3) is 0.286. The largest absolute Gasteiger partial charge is 0.266 e. The predicted octanol–water partition coefficient (Wildman–Crippen LogP) is 3.97. The van der Waals surface area contributed by atoms with Crippen LogP contribution >= 0.6 is 56.8 Å². The number of halogens is 5. The van der Waals surface area contributed by atoms with Gasteiger partial charge in [0.25, 0.3) is 6.43 Å². The average Bonchev–Trinajstić information content (AvgIpc) is 2.08. The number of aromatic nitrogens is 1. The van der Waals surface area contributed by atoms with Crippen LogP contribution in [0.15, 0.2) is 6.20 Å². The van der Waals surface area contributed by atoms with Gasteiger partial charge in [-0.2, -0.15) is 0 Å². The van der Waals surface area contributed by atoms with Crippen molar-refractivity contribution in [3.8, 4) is 0 Å². The molecule has 0 atom stereocenters. The highest BCUT2D eigenvalue weighted by Gasteiger charge is 2.19. The normalized spacial score (nSPS) is 10.9. The van der Waals surface area contributed by atoms with E-state index in [-0.39, 0.29) is 17.1 Å². The zero-order chi connectivity index (χ0) is 10.0. The Labute approximate surface area is 107 Å². The van der Waals surface area contributed by atoms with Gasteiger partial charge in [-0.1, -0.05) is 0 Å². The van der Waals surface area contributed by atoms with Gasteiger partial charge >= 0.3 is 0 Å². The smallest absolute Gasteiger partial charge is 0.258 e. The van der Waals surface area contributed by atoms with Gasteiger partial charge in [0.1, 0.15) is 0 Å². The van der Waals surface area contributed by atoms with Gasteiger partial charge in [0.05, 0.1) is 17.1 Å². The molecule has 0 saturated heterocycles. The molecule has 0 aliphatic rings. The van der Waals surface area contributed by atoms with Crippen LogP contribution < -0.4 is 0 Å². The highest BCUT2D eigenvalue weighted by Crippen LogP contribution is 2.30. The van der Waals surface area contributed by atoms with Gasteiger partial charge in [0.2, 0.25) is 0 Å². The second-order valence-corrected chi connectivity index (χ2v) is 4.72. The molecule has 0 aliphatic carbocycles. The Morgan fingerprint density at radius 1 is 1.46 bits per heavy atom. The summed E-state index contributed by atoms with van der Waals surface area (Å²) in [6, 6.07) is 0. The average molecular weight is 429 g/mol. The first kappa shape index (κ1) is 11.8. The van der Waals surface area contributed by atoms with Crippen LogP contribution in [0.2, 0.25) is 0 Å². The Bertz CT molecular complexity index is 320. The number of alkyl halides is 3. The highest BCUT2D eigenvalue weighted by atomic mass is 127. The molecule has 1 nitrogen and oxygen atoms in total. The monoisotopic (exact) mass is 429 g/mol. The third-order valence-electron chi connectivity index (χ3n) is 1.44. The zero-order valence-electron chi connectivity index (χ0n) is 6.20. The van der Waals surface area contributed by atoms with E-state index in [1.807, 2.05) is 45.2 Å². The third kappa shape index (κ3) is 2.62. The van der Waals surface area contributed by atoms with Gasteiger partial charge in [-0.05, 0) is 45.2 Å². The van der Waals surface area contributed by atoms with Crippen molar-refractivity contribution in [2.24, 2.45) is 0 Å². The van der Waals surface area contributed by atoms with Crippen molar-refractivity contribution in [3.63, 3.8) is 0 Å². The summed E-state index contributed by atoms with van der Waals surface area (Å²) >= 11 is 9.35. The van der Waals surface area contributed by atoms with Gasteiger partial charge < -0.3 is 0 Å². The minimum Gasteiger partial charge on any atom is -0.258 e. The van der Waals surface area contributed by atoms with E-state index in [9.17, 15) is 8.78 Å². The Morgan fingerprint density at radius 3 is 2.54 bits per heavy atom. The number of hydrogen-bond donors (Lipinski definition) is 0. The van der Waals surface area contributed by atoms with Gasteiger partial charge in [-0.25, -0.2) is 8.78 Å². The van der Waals surface area contributed by atoms with E-state index in [1.165, 1.54) is 0 Å². The molecule has 1 aromatic rings. The van der Waals surface area contributed by atoms with E-state index >= 15 is 0 Å². The van der Waals surface area contributed by atoms with E-state index < -0.39 is 6.43 Å². The lowest BCUT2D eigenvalue weighted by molar-refractivity contribution is 0.149. The zero-order valence-corrected chi connectivity index (χ0v) is 11.3. The van der Waals surface area contributed by atoms with Gasteiger partial charge in [0.15, 0.2) is 0 Å². The first-order valence-electron chi connectivity index (χ1n) is 3.24. The molecule has 1 aromatic heterocycles. The molecule has 13 heavy (non-hydrogen) atoms. The van der Waals surface area contributed by atoms with E-state index in [1.54, 1.807) is 6.20 Å². The van der Waals surface area contributed by atoms with Crippen molar-refractivity contribution in [1.82, 2.24) is 4.98 Å².